The highest BCUT2D eigenvalue weighted by Gasteiger charge is 2.11. The number of hydrogen-bond donors (Lipinski definition) is 2. The first-order chi connectivity index (χ1) is 7.36. The molecule has 5 nitrogen and oxygen atoms in total. The van der Waals surface area contributed by atoms with Crippen molar-refractivity contribution < 1.29 is 19.4 Å². The first kappa shape index (κ1) is 17.4. The second-order valence-corrected chi connectivity index (χ2v) is 3.98. The van der Waals surface area contributed by atoms with Crippen LogP contribution in [0.4, 0.5) is 0 Å². The minimum atomic E-state index is -0.935. The summed E-state index contributed by atoms with van der Waals surface area (Å²) in [5, 5.41) is 7.89. The molecule has 0 heterocycles. The molecule has 16 heavy (non-hydrogen) atoms. The van der Waals surface area contributed by atoms with Gasteiger partial charge in [0.1, 0.15) is 6.04 Å². The fourth-order valence-electron chi connectivity index (χ4n) is 0.514. The van der Waals surface area contributed by atoms with E-state index < -0.39 is 12.0 Å². The molecule has 0 unspecified atom stereocenters. The highest BCUT2D eigenvalue weighted by atomic mass is 32.2. The van der Waals surface area contributed by atoms with Gasteiger partial charge in [-0.1, -0.05) is 6.58 Å². The van der Waals surface area contributed by atoms with Gasteiger partial charge in [0.2, 0.25) is 0 Å². The van der Waals surface area contributed by atoms with Crippen molar-refractivity contribution in [2.24, 2.45) is 5.73 Å². The first-order valence-corrected chi connectivity index (χ1v) is 5.97. The van der Waals surface area contributed by atoms with Crippen LogP contribution in [0, 0.1) is 0 Å². The van der Waals surface area contributed by atoms with Gasteiger partial charge in [-0.05, 0) is 25.4 Å². The smallest absolute Gasteiger partial charge is 0.330 e. The summed E-state index contributed by atoms with van der Waals surface area (Å²) in [7, 11) is 1.35. The topological polar surface area (TPSA) is 89.6 Å². The third-order valence-electron chi connectivity index (χ3n) is 1.50. The maximum absolute atomic E-state index is 10.7. The molecule has 94 valence electrons. The Kier molecular flexibility index (Phi) is 11.4. The quantitative estimate of drug-likeness (QED) is 0.555. The molecule has 0 saturated heterocycles. The van der Waals surface area contributed by atoms with Crippen LogP contribution in [0.5, 0.6) is 0 Å². The average molecular weight is 249 g/mol. The average Bonchev–Trinajstić information content (AvgIpc) is 2.25. The Morgan fingerprint density at radius 2 is 2.00 bits per heavy atom. The summed E-state index contributed by atoms with van der Waals surface area (Å²) in [6, 6.07) is -0.447. The van der Waals surface area contributed by atoms with E-state index in [1.54, 1.807) is 11.8 Å². The molecule has 0 bridgehead atoms. The molecule has 0 aromatic rings. The molecular weight excluding hydrogens is 230 g/mol. The van der Waals surface area contributed by atoms with E-state index in [0.29, 0.717) is 6.42 Å². The molecule has 0 radical (unpaired) electrons. The predicted octanol–water partition coefficient (Wildman–Crippen LogP) is 0.887. The largest absolute Gasteiger partial charge is 0.478 e. The van der Waals surface area contributed by atoms with Crippen LogP contribution in [0.25, 0.3) is 0 Å². The van der Waals surface area contributed by atoms with Crippen LogP contribution in [0.2, 0.25) is 0 Å². The second-order valence-electron chi connectivity index (χ2n) is 3.00. The Morgan fingerprint density at radius 3 is 2.25 bits per heavy atom. The molecular formula is C10H19NO4S. The summed E-state index contributed by atoms with van der Waals surface area (Å²) < 4.78 is 4.44. The Hall–Kier alpha value is -1.01. The van der Waals surface area contributed by atoms with E-state index in [1.165, 1.54) is 14.0 Å². The number of carboxylic acids is 1. The van der Waals surface area contributed by atoms with E-state index >= 15 is 0 Å². The zero-order chi connectivity index (χ0) is 13.1. The number of carbonyl (C=O) groups is 2. The standard InChI is InChI=1S/C6H13NO2S.C4H6O2/c1-9-6(8)5(7)3-4-10-2;1-3(2)4(5)6/h5H,3-4,7H2,1-2H3;1H2,2H3,(H,5,6)/t5-;/m0./s1. The summed E-state index contributed by atoms with van der Waals surface area (Å²) in [4.78, 5) is 20.3. The van der Waals surface area contributed by atoms with Crippen LogP contribution < -0.4 is 5.73 Å². The van der Waals surface area contributed by atoms with Crippen molar-refractivity contribution in [1.82, 2.24) is 0 Å². The Labute approximate surface area is 100 Å². The molecule has 0 saturated carbocycles. The van der Waals surface area contributed by atoms with Gasteiger partial charge >= 0.3 is 11.9 Å². The van der Waals surface area contributed by atoms with Crippen molar-refractivity contribution >= 4 is 23.7 Å². The molecule has 1 atom stereocenters. The monoisotopic (exact) mass is 249 g/mol. The predicted molar refractivity (Wildman–Crippen MR) is 65.4 cm³/mol. The molecule has 0 spiro atoms. The molecule has 0 aromatic carbocycles. The third-order valence-corrected chi connectivity index (χ3v) is 2.15. The lowest BCUT2D eigenvalue weighted by Crippen LogP contribution is -2.31. The second kappa shape index (κ2) is 10.5. The lowest BCUT2D eigenvalue weighted by atomic mass is 10.2. The van der Waals surface area contributed by atoms with Gasteiger partial charge in [-0.3, -0.25) is 4.79 Å². The fraction of sp³-hybridized carbons (Fsp3) is 0.600. The summed E-state index contributed by atoms with van der Waals surface area (Å²) in [6.07, 6.45) is 2.66. The Balaban J connectivity index is 0. The molecule has 0 fully saturated rings. The van der Waals surface area contributed by atoms with E-state index in [9.17, 15) is 9.59 Å². The third kappa shape index (κ3) is 11.1. The number of carbonyl (C=O) groups excluding carboxylic acids is 1. The van der Waals surface area contributed by atoms with Crippen molar-refractivity contribution in [3.8, 4) is 0 Å². The zero-order valence-electron chi connectivity index (χ0n) is 9.86. The van der Waals surface area contributed by atoms with Crippen LogP contribution in [0.3, 0.4) is 0 Å². The number of aliphatic carboxylic acids is 1. The number of esters is 1. The van der Waals surface area contributed by atoms with Crippen LogP contribution >= 0.6 is 11.8 Å². The molecule has 3 N–H and O–H groups in total. The first-order valence-electron chi connectivity index (χ1n) is 4.57. The lowest BCUT2D eigenvalue weighted by Gasteiger charge is -2.06. The lowest BCUT2D eigenvalue weighted by molar-refractivity contribution is -0.142. The van der Waals surface area contributed by atoms with Crippen molar-refractivity contribution in [2.75, 3.05) is 19.1 Å². The summed E-state index contributed by atoms with van der Waals surface area (Å²) in [5.41, 5.74) is 5.60. The number of thioether (sulfide) groups is 1. The summed E-state index contributed by atoms with van der Waals surface area (Å²) in [6.45, 7) is 4.60. The summed E-state index contributed by atoms with van der Waals surface area (Å²) in [5.74, 6) is -0.361. The van der Waals surface area contributed by atoms with Crippen LogP contribution in [0.1, 0.15) is 13.3 Å². The van der Waals surface area contributed by atoms with Gasteiger partial charge in [-0.2, -0.15) is 11.8 Å². The maximum atomic E-state index is 10.7. The van der Waals surface area contributed by atoms with Crippen LogP contribution in [-0.2, 0) is 14.3 Å². The zero-order valence-corrected chi connectivity index (χ0v) is 10.7. The van der Waals surface area contributed by atoms with E-state index in [-0.39, 0.29) is 11.5 Å². The molecule has 0 aliphatic rings. The van der Waals surface area contributed by atoms with Gasteiger partial charge in [0.25, 0.3) is 0 Å². The van der Waals surface area contributed by atoms with Gasteiger partial charge in [0.15, 0.2) is 0 Å². The van der Waals surface area contributed by atoms with Crippen molar-refractivity contribution in [2.45, 2.75) is 19.4 Å². The van der Waals surface area contributed by atoms with Crippen LogP contribution in [-0.4, -0.2) is 42.2 Å². The fourth-order valence-corrected chi connectivity index (χ4v) is 1.00. The maximum Gasteiger partial charge on any atom is 0.330 e. The highest BCUT2D eigenvalue weighted by molar-refractivity contribution is 7.98. The van der Waals surface area contributed by atoms with Gasteiger partial charge in [-0.15, -0.1) is 0 Å². The molecule has 0 aliphatic carbocycles. The van der Waals surface area contributed by atoms with Crippen molar-refractivity contribution in [3.05, 3.63) is 12.2 Å². The number of ether oxygens (including phenoxy) is 1. The van der Waals surface area contributed by atoms with Gasteiger partial charge in [0, 0.05) is 5.57 Å². The van der Waals surface area contributed by atoms with E-state index in [1.807, 2.05) is 6.26 Å². The van der Waals surface area contributed by atoms with E-state index in [4.69, 9.17) is 10.8 Å². The molecule has 0 aliphatic heterocycles. The SMILES string of the molecule is C=C(C)C(=O)O.COC(=O)[C@@H](N)CCSC. The molecule has 0 amide bonds. The number of carboxylic acid groups (broad SMARTS) is 1. The van der Waals surface area contributed by atoms with Crippen LogP contribution in [0.15, 0.2) is 12.2 Å². The van der Waals surface area contributed by atoms with E-state index in [2.05, 4.69) is 11.3 Å². The van der Waals surface area contributed by atoms with Crippen molar-refractivity contribution in [3.63, 3.8) is 0 Å². The number of rotatable bonds is 5. The number of methoxy groups -OCH3 is 1. The molecule has 6 heteroatoms. The van der Waals surface area contributed by atoms with E-state index in [0.717, 1.165) is 5.75 Å². The normalized spacial score (nSPS) is 10.8. The van der Waals surface area contributed by atoms with Gasteiger partial charge < -0.3 is 15.6 Å². The molecule has 0 rings (SSSR count). The highest BCUT2D eigenvalue weighted by Crippen LogP contribution is 1.99. The minimum Gasteiger partial charge on any atom is -0.478 e. The minimum absolute atomic E-state index is 0.176. The van der Waals surface area contributed by atoms with Gasteiger partial charge in [-0.25, -0.2) is 4.79 Å². The molecule has 0 aromatic heterocycles. The number of hydrogen-bond acceptors (Lipinski definition) is 5. The Bertz CT molecular complexity index is 231. The van der Waals surface area contributed by atoms with Crippen molar-refractivity contribution in [1.29, 1.82) is 0 Å². The summed E-state index contributed by atoms with van der Waals surface area (Å²) >= 11 is 1.67. The number of nitrogens with two attached hydrogens (primary N) is 1. The Morgan fingerprint density at radius 1 is 1.56 bits per heavy atom. The van der Waals surface area contributed by atoms with Gasteiger partial charge in [0.05, 0.1) is 7.11 Å².